The van der Waals surface area contributed by atoms with Gasteiger partial charge in [-0.25, -0.2) is 0 Å². The third-order valence-corrected chi connectivity index (χ3v) is 10.6. The molecule has 0 saturated carbocycles. The third-order valence-electron chi connectivity index (χ3n) is 10.6. The molecule has 0 fully saturated rings. The Kier molecular flexibility index (Phi) is 5.42. The lowest BCUT2D eigenvalue weighted by Crippen LogP contribution is -2.38. The molecule has 3 nitrogen and oxygen atoms in total. The van der Waals surface area contributed by atoms with Crippen LogP contribution in [0.3, 0.4) is 0 Å². The van der Waals surface area contributed by atoms with Crippen molar-refractivity contribution < 1.29 is 0 Å². The third kappa shape index (κ3) is 3.52. The van der Waals surface area contributed by atoms with Gasteiger partial charge >= 0.3 is 0 Å². The Labute approximate surface area is 266 Å². The maximum atomic E-state index is 2.54. The van der Waals surface area contributed by atoms with Crippen LogP contribution in [0.2, 0.25) is 0 Å². The van der Waals surface area contributed by atoms with Crippen molar-refractivity contribution in [3.63, 3.8) is 0 Å². The number of rotatable bonds is 2. The monoisotopic (exact) mass is 583 g/mol. The normalized spacial score (nSPS) is 18.1. The molecule has 45 heavy (non-hydrogen) atoms. The SMILES string of the molecule is CC1(C)c2ccccc2N2c3ccc(N4C5=C(CCC=C5)N(c5ccccc5)c5ccccc54)cc3C(C)(C)c3cccc1c32. The van der Waals surface area contributed by atoms with E-state index >= 15 is 0 Å². The average molecular weight is 584 g/mol. The van der Waals surface area contributed by atoms with Gasteiger partial charge in [-0.3, -0.25) is 0 Å². The number of hydrogen-bond donors (Lipinski definition) is 0. The number of benzene rings is 5. The van der Waals surface area contributed by atoms with Gasteiger partial charge in [-0.15, -0.1) is 0 Å². The summed E-state index contributed by atoms with van der Waals surface area (Å²) in [4.78, 5) is 7.51. The molecule has 0 amide bonds. The molecule has 3 heterocycles. The standard InChI is InChI=1S/C42H37N3/c1-41(2)30-17-8-9-20-34(30)45-35-26-25-29(27-33(35)42(3,4)32-19-14-18-31(41)40(32)45)44-38-23-12-10-21-36(38)43(28-15-6-5-7-16-28)37-22-11-13-24-39(37)44/h5-10,12-21,23-27H,11,22H2,1-4H3. The first-order chi connectivity index (χ1) is 21.9. The lowest BCUT2D eigenvalue weighted by atomic mass is 9.66. The van der Waals surface area contributed by atoms with Gasteiger partial charge in [0.15, 0.2) is 0 Å². The van der Waals surface area contributed by atoms with E-state index in [1.165, 1.54) is 73.5 Å². The summed E-state index contributed by atoms with van der Waals surface area (Å²) < 4.78 is 0. The molecule has 0 radical (unpaired) electrons. The highest BCUT2D eigenvalue weighted by molar-refractivity contribution is 5.95. The number of anilines is 7. The molecule has 0 aromatic heterocycles. The summed E-state index contributed by atoms with van der Waals surface area (Å²) in [6.45, 7) is 9.56. The van der Waals surface area contributed by atoms with Crippen molar-refractivity contribution in [3.8, 4) is 0 Å². The molecule has 0 saturated heterocycles. The molecule has 9 rings (SSSR count). The van der Waals surface area contributed by atoms with Crippen molar-refractivity contribution in [2.24, 2.45) is 0 Å². The molecular formula is C42H37N3. The van der Waals surface area contributed by atoms with Crippen LogP contribution in [0.15, 0.2) is 139 Å². The van der Waals surface area contributed by atoms with Crippen molar-refractivity contribution >= 4 is 39.8 Å². The fourth-order valence-corrected chi connectivity index (χ4v) is 8.35. The zero-order chi connectivity index (χ0) is 30.5. The second kappa shape index (κ2) is 9.25. The Hall–Kier alpha value is -5.02. The maximum absolute atomic E-state index is 2.54. The summed E-state index contributed by atoms with van der Waals surface area (Å²) in [5.41, 5.74) is 16.6. The van der Waals surface area contributed by atoms with E-state index in [0.29, 0.717) is 0 Å². The molecule has 1 aliphatic carbocycles. The van der Waals surface area contributed by atoms with Gasteiger partial charge in [0.2, 0.25) is 0 Å². The lowest BCUT2D eigenvalue weighted by molar-refractivity contribution is 0.597. The Morgan fingerprint density at radius 1 is 0.489 bits per heavy atom. The first kappa shape index (κ1) is 26.4. The molecular weight excluding hydrogens is 546 g/mol. The molecule has 0 unspecified atom stereocenters. The fourth-order valence-electron chi connectivity index (χ4n) is 8.35. The van der Waals surface area contributed by atoms with Crippen LogP contribution in [0.5, 0.6) is 0 Å². The van der Waals surface area contributed by atoms with Crippen LogP contribution in [-0.4, -0.2) is 0 Å². The first-order valence-corrected chi connectivity index (χ1v) is 16.2. The van der Waals surface area contributed by atoms with E-state index in [-0.39, 0.29) is 10.8 Å². The molecule has 5 aromatic carbocycles. The quantitative estimate of drug-likeness (QED) is 0.205. The first-order valence-electron chi connectivity index (χ1n) is 16.2. The Morgan fingerprint density at radius 3 is 1.84 bits per heavy atom. The van der Waals surface area contributed by atoms with Crippen LogP contribution >= 0.6 is 0 Å². The van der Waals surface area contributed by atoms with E-state index in [1.54, 1.807) is 0 Å². The Bertz CT molecular complexity index is 2080. The highest BCUT2D eigenvalue weighted by atomic mass is 15.3. The fraction of sp³-hybridized carbons (Fsp3) is 0.190. The molecule has 0 bridgehead atoms. The number of para-hydroxylation sites is 5. The van der Waals surface area contributed by atoms with Crippen molar-refractivity contribution in [2.75, 3.05) is 14.7 Å². The zero-order valence-electron chi connectivity index (χ0n) is 26.4. The summed E-state index contributed by atoms with van der Waals surface area (Å²) in [6, 6.07) is 42.8. The van der Waals surface area contributed by atoms with Gasteiger partial charge in [0.25, 0.3) is 0 Å². The van der Waals surface area contributed by atoms with Crippen LogP contribution in [-0.2, 0) is 10.8 Å². The maximum Gasteiger partial charge on any atom is 0.0703 e. The smallest absolute Gasteiger partial charge is 0.0703 e. The van der Waals surface area contributed by atoms with Gasteiger partial charge in [0, 0.05) is 27.9 Å². The van der Waals surface area contributed by atoms with Crippen LogP contribution < -0.4 is 14.7 Å². The minimum atomic E-state index is -0.180. The second-order valence-electron chi connectivity index (χ2n) is 13.8. The van der Waals surface area contributed by atoms with Gasteiger partial charge in [0.1, 0.15) is 0 Å². The van der Waals surface area contributed by atoms with E-state index in [0.717, 1.165) is 12.8 Å². The van der Waals surface area contributed by atoms with Gasteiger partial charge in [-0.2, -0.15) is 0 Å². The molecule has 5 aromatic rings. The predicted molar refractivity (Wildman–Crippen MR) is 188 cm³/mol. The molecule has 3 aliphatic heterocycles. The topological polar surface area (TPSA) is 9.72 Å². The minimum Gasteiger partial charge on any atom is -0.310 e. The number of fused-ring (bicyclic) bond motifs is 5. The van der Waals surface area contributed by atoms with Crippen LogP contribution in [0.1, 0.15) is 62.8 Å². The number of allylic oxidation sites excluding steroid dienone is 3. The summed E-state index contributed by atoms with van der Waals surface area (Å²) in [6.07, 6.45) is 6.70. The van der Waals surface area contributed by atoms with Gasteiger partial charge in [-0.05, 0) is 89.7 Å². The zero-order valence-corrected chi connectivity index (χ0v) is 26.4. The summed E-state index contributed by atoms with van der Waals surface area (Å²) in [7, 11) is 0. The van der Waals surface area contributed by atoms with Crippen LogP contribution in [0.25, 0.3) is 0 Å². The molecule has 0 N–H and O–H groups in total. The molecule has 220 valence electrons. The average Bonchev–Trinajstić information content (AvgIpc) is 3.07. The van der Waals surface area contributed by atoms with E-state index < -0.39 is 0 Å². The van der Waals surface area contributed by atoms with Gasteiger partial charge < -0.3 is 14.7 Å². The molecule has 4 aliphatic rings. The minimum absolute atomic E-state index is 0.0791. The van der Waals surface area contributed by atoms with Crippen molar-refractivity contribution in [3.05, 3.63) is 161 Å². The summed E-state index contributed by atoms with van der Waals surface area (Å²) >= 11 is 0. The van der Waals surface area contributed by atoms with Gasteiger partial charge in [0.05, 0.1) is 34.1 Å². The molecule has 0 atom stereocenters. The van der Waals surface area contributed by atoms with Gasteiger partial charge in [-0.1, -0.05) is 101 Å². The summed E-state index contributed by atoms with van der Waals surface area (Å²) in [5, 5.41) is 0. The van der Waals surface area contributed by atoms with Crippen molar-refractivity contribution in [1.29, 1.82) is 0 Å². The largest absolute Gasteiger partial charge is 0.310 e. The molecule has 0 spiro atoms. The van der Waals surface area contributed by atoms with Crippen molar-refractivity contribution in [2.45, 2.75) is 51.4 Å². The van der Waals surface area contributed by atoms with E-state index in [9.17, 15) is 0 Å². The van der Waals surface area contributed by atoms with E-state index in [1.807, 2.05) is 0 Å². The highest BCUT2D eigenvalue weighted by Gasteiger charge is 2.45. The van der Waals surface area contributed by atoms with Crippen molar-refractivity contribution in [1.82, 2.24) is 0 Å². The van der Waals surface area contributed by atoms with Crippen LogP contribution in [0, 0.1) is 0 Å². The number of nitrogens with zero attached hydrogens (tertiary/aromatic N) is 3. The molecule has 3 heteroatoms. The summed E-state index contributed by atoms with van der Waals surface area (Å²) in [5.74, 6) is 0. The van der Waals surface area contributed by atoms with E-state index in [4.69, 9.17) is 0 Å². The predicted octanol–water partition coefficient (Wildman–Crippen LogP) is 11.3. The highest BCUT2D eigenvalue weighted by Crippen LogP contribution is 2.60. The lowest BCUT2D eigenvalue weighted by Gasteiger charge is -2.50. The Balaban J connectivity index is 1.27. The Morgan fingerprint density at radius 2 is 1.09 bits per heavy atom. The second-order valence-corrected chi connectivity index (χ2v) is 13.8. The number of hydrogen-bond acceptors (Lipinski definition) is 3. The van der Waals surface area contributed by atoms with Crippen LogP contribution in [0.4, 0.5) is 39.8 Å². The van der Waals surface area contributed by atoms with E-state index in [2.05, 4.69) is 170 Å².